The number of ether oxygens (including phenoxy) is 2. The maximum atomic E-state index is 12.6. The third-order valence-electron chi connectivity index (χ3n) is 3.59. The Morgan fingerprint density at radius 2 is 1.83 bits per heavy atom. The Hall–Kier alpha value is -2.19. The second kappa shape index (κ2) is 6.51. The van der Waals surface area contributed by atoms with Crippen LogP contribution in [0.1, 0.15) is 6.42 Å². The van der Waals surface area contributed by atoms with Crippen molar-refractivity contribution in [3.05, 3.63) is 42.7 Å². The lowest BCUT2D eigenvalue weighted by atomic mass is 10.3. The van der Waals surface area contributed by atoms with Gasteiger partial charge in [-0.2, -0.15) is 4.31 Å². The maximum Gasteiger partial charge on any atom is 0.278 e. The molecule has 2 aromatic rings. The van der Waals surface area contributed by atoms with Gasteiger partial charge in [0.15, 0.2) is 0 Å². The number of benzene rings is 1. The molecule has 0 aliphatic carbocycles. The summed E-state index contributed by atoms with van der Waals surface area (Å²) in [6.07, 6.45) is 3.32. The number of sulfonamides is 1. The summed E-state index contributed by atoms with van der Waals surface area (Å²) in [4.78, 5) is 8.38. The first kappa shape index (κ1) is 15.7. The third kappa shape index (κ3) is 3.27. The molecule has 8 heteroatoms. The number of hydrogen-bond donors (Lipinski definition) is 0. The van der Waals surface area contributed by atoms with Gasteiger partial charge in [-0.25, -0.2) is 18.4 Å². The number of aromatic nitrogens is 2. The molecule has 1 aromatic carbocycles. The molecule has 1 aliphatic heterocycles. The second-order valence-corrected chi connectivity index (χ2v) is 7.01. The van der Waals surface area contributed by atoms with Crippen molar-refractivity contribution >= 4 is 10.0 Å². The first-order chi connectivity index (χ1) is 11.1. The molecule has 122 valence electrons. The lowest BCUT2D eigenvalue weighted by molar-refractivity contribution is 0.194. The lowest BCUT2D eigenvalue weighted by Gasteiger charge is -2.17. The summed E-state index contributed by atoms with van der Waals surface area (Å²) in [6, 6.07) is 8.39. The van der Waals surface area contributed by atoms with Crippen molar-refractivity contribution in [3.8, 4) is 11.8 Å². The van der Waals surface area contributed by atoms with E-state index < -0.39 is 10.0 Å². The average molecular weight is 335 g/mol. The zero-order valence-corrected chi connectivity index (χ0v) is 13.4. The molecular formula is C15H17N3O4S. The van der Waals surface area contributed by atoms with Crippen molar-refractivity contribution in [1.82, 2.24) is 14.3 Å². The van der Waals surface area contributed by atoms with E-state index in [-0.39, 0.29) is 29.3 Å². The van der Waals surface area contributed by atoms with Crippen LogP contribution in [0.15, 0.2) is 47.6 Å². The highest BCUT2D eigenvalue weighted by Gasteiger charge is 2.34. The van der Waals surface area contributed by atoms with Crippen LogP contribution in [0.4, 0.5) is 0 Å². The van der Waals surface area contributed by atoms with Crippen LogP contribution < -0.4 is 9.47 Å². The van der Waals surface area contributed by atoms with Gasteiger partial charge in [0, 0.05) is 18.9 Å². The van der Waals surface area contributed by atoms with Crippen molar-refractivity contribution in [2.75, 3.05) is 20.2 Å². The van der Waals surface area contributed by atoms with Gasteiger partial charge in [-0.15, -0.1) is 0 Å². The monoisotopic (exact) mass is 335 g/mol. The van der Waals surface area contributed by atoms with E-state index in [0.717, 1.165) is 0 Å². The van der Waals surface area contributed by atoms with Crippen molar-refractivity contribution in [3.63, 3.8) is 0 Å². The molecule has 0 N–H and O–H groups in total. The molecule has 0 bridgehead atoms. The van der Waals surface area contributed by atoms with Crippen LogP contribution >= 0.6 is 0 Å². The molecule has 7 nitrogen and oxygen atoms in total. The zero-order valence-electron chi connectivity index (χ0n) is 12.6. The standard InChI is InChI=1S/C15H17N3O4S/c1-21-14-15(17-9-8-16-14)22-12-7-10-18(11-12)23(19,20)13-5-3-2-4-6-13/h2-6,8-9,12H,7,10-11H2,1H3. The highest BCUT2D eigenvalue weighted by Crippen LogP contribution is 2.26. The van der Waals surface area contributed by atoms with Gasteiger partial charge in [-0.05, 0) is 18.6 Å². The molecule has 0 spiro atoms. The van der Waals surface area contributed by atoms with E-state index in [1.165, 1.54) is 23.8 Å². The molecule has 0 amide bonds. The number of methoxy groups -OCH3 is 1. The Kier molecular flexibility index (Phi) is 4.44. The molecule has 0 radical (unpaired) electrons. The largest absolute Gasteiger partial charge is 0.477 e. The Labute approximate surface area is 134 Å². The Balaban J connectivity index is 1.72. The summed E-state index contributed by atoms with van der Waals surface area (Å²) < 4.78 is 37.4. The maximum absolute atomic E-state index is 12.6. The summed E-state index contributed by atoms with van der Waals surface area (Å²) in [5.74, 6) is 0.566. The minimum Gasteiger partial charge on any atom is -0.477 e. The zero-order chi connectivity index (χ0) is 16.3. The molecule has 23 heavy (non-hydrogen) atoms. The van der Waals surface area contributed by atoms with Crippen molar-refractivity contribution in [1.29, 1.82) is 0 Å². The van der Waals surface area contributed by atoms with Crippen molar-refractivity contribution < 1.29 is 17.9 Å². The van der Waals surface area contributed by atoms with Gasteiger partial charge in [0.25, 0.3) is 11.8 Å². The van der Waals surface area contributed by atoms with Crippen molar-refractivity contribution in [2.45, 2.75) is 17.4 Å². The van der Waals surface area contributed by atoms with E-state index in [4.69, 9.17) is 9.47 Å². The first-order valence-electron chi connectivity index (χ1n) is 7.18. The Morgan fingerprint density at radius 3 is 2.52 bits per heavy atom. The minimum absolute atomic E-state index is 0.275. The Morgan fingerprint density at radius 1 is 1.13 bits per heavy atom. The minimum atomic E-state index is -3.49. The number of rotatable bonds is 5. The Bertz CT molecular complexity index is 767. The number of nitrogens with zero attached hydrogens (tertiary/aromatic N) is 3. The first-order valence-corrected chi connectivity index (χ1v) is 8.62. The van der Waals surface area contributed by atoms with E-state index in [2.05, 4.69) is 9.97 Å². The molecular weight excluding hydrogens is 318 g/mol. The molecule has 0 saturated carbocycles. The van der Waals surface area contributed by atoms with Gasteiger partial charge in [-0.3, -0.25) is 0 Å². The highest BCUT2D eigenvalue weighted by molar-refractivity contribution is 7.89. The predicted molar refractivity (Wildman–Crippen MR) is 82.8 cm³/mol. The van der Waals surface area contributed by atoms with Crippen LogP contribution in [-0.4, -0.2) is 49.0 Å². The van der Waals surface area contributed by atoms with E-state index in [1.807, 2.05) is 0 Å². The number of hydrogen-bond acceptors (Lipinski definition) is 6. The van der Waals surface area contributed by atoms with Gasteiger partial charge in [0.1, 0.15) is 6.10 Å². The van der Waals surface area contributed by atoms with Gasteiger partial charge >= 0.3 is 0 Å². The molecule has 1 aromatic heterocycles. The van der Waals surface area contributed by atoms with Crippen LogP contribution in [0.2, 0.25) is 0 Å². The second-order valence-electron chi connectivity index (χ2n) is 5.08. The molecule has 3 rings (SSSR count). The van der Waals surface area contributed by atoms with Crippen LogP contribution in [0.5, 0.6) is 11.8 Å². The molecule has 1 atom stereocenters. The van der Waals surface area contributed by atoms with E-state index in [9.17, 15) is 8.42 Å². The fourth-order valence-corrected chi connectivity index (χ4v) is 3.95. The molecule has 2 heterocycles. The van der Waals surface area contributed by atoms with Crippen LogP contribution in [0, 0.1) is 0 Å². The quantitative estimate of drug-likeness (QED) is 0.820. The summed E-state index contributed by atoms with van der Waals surface area (Å²) in [6.45, 7) is 0.682. The van der Waals surface area contributed by atoms with Crippen LogP contribution in [0.3, 0.4) is 0 Å². The highest BCUT2D eigenvalue weighted by atomic mass is 32.2. The molecule has 1 aliphatic rings. The van der Waals surface area contributed by atoms with Gasteiger partial charge in [0.05, 0.1) is 18.6 Å². The third-order valence-corrected chi connectivity index (χ3v) is 5.47. The van der Waals surface area contributed by atoms with E-state index in [1.54, 1.807) is 30.3 Å². The van der Waals surface area contributed by atoms with Crippen LogP contribution in [0.25, 0.3) is 0 Å². The van der Waals surface area contributed by atoms with Gasteiger partial charge in [0.2, 0.25) is 10.0 Å². The summed E-state index contributed by atoms with van der Waals surface area (Å²) in [7, 11) is -2.01. The summed E-state index contributed by atoms with van der Waals surface area (Å²) >= 11 is 0. The van der Waals surface area contributed by atoms with E-state index in [0.29, 0.717) is 13.0 Å². The average Bonchev–Trinajstić information content (AvgIpc) is 3.05. The summed E-state index contributed by atoms with van der Waals surface area (Å²) in [5.41, 5.74) is 0. The van der Waals surface area contributed by atoms with Crippen LogP contribution in [-0.2, 0) is 10.0 Å². The fourth-order valence-electron chi connectivity index (χ4n) is 2.44. The predicted octanol–water partition coefficient (Wildman–Crippen LogP) is 1.33. The molecule has 1 fully saturated rings. The molecule has 1 unspecified atom stereocenters. The van der Waals surface area contributed by atoms with Gasteiger partial charge < -0.3 is 9.47 Å². The SMILES string of the molecule is COc1nccnc1OC1CCN(S(=O)(=O)c2ccccc2)C1. The fraction of sp³-hybridized carbons (Fsp3) is 0.333. The topological polar surface area (TPSA) is 81.6 Å². The lowest BCUT2D eigenvalue weighted by Crippen LogP contribution is -2.31. The smallest absolute Gasteiger partial charge is 0.278 e. The van der Waals surface area contributed by atoms with Gasteiger partial charge in [-0.1, -0.05) is 18.2 Å². The summed E-state index contributed by atoms with van der Waals surface area (Å²) in [5, 5.41) is 0. The van der Waals surface area contributed by atoms with E-state index >= 15 is 0 Å². The normalized spacial score (nSPS) is 18.7. The van der Waals surface area contributed by atoms with Crippen molar-refractivity contribution in [2.24, 2.45) is 0 Å². The molecule has 1 saturated heterocycles.